The molecule has 0 heterocycles. The third kappa shape index (κ3) is 4.20. The minimum absolute atomic E-state index is 0.148. The second-order valence-corrected chi connectivity index (χ2v) is 7.05. The molecule has 1 fully saturated rings. The third-order valence-corrected chi connectivity index (χ3v) is 5.47. The number of rotatable bonds is 5. The minimum atomic E-state index is -0.296. The number of thioether (sulfide) groups is 1. The Kier molecular flexibility index (Phi) is 5.65. The van der Waals surface area contributed by atoms with Crippen LogP contribution in [0.3, 0.4) is 0 Å². The first-order valence-electron chi connectivity index (χ1n) is 7.55. The predicted octanol–water partition coefficient (Wildman–Crippen LogP) is 4.23. The molecule has 21 heavy (non-hydrogen) atoms. The number of hydrogen-bond donors (Lipinski definition) is 1. The summed E-state index contributed by atoms with van der Waals surface area (Å²) in [6, 6.07) is 6.22. The van der Waals surface area contributed by atoms with Gasteiger partial charge in [0, 0.05) is 29.0 Å². The van der Waals surface area contributed by atoms with Crippen LogP contribution >= 0.6 is 11.8 Å². The molecule has 3 unspecified atom stereocenters. The Morgan fingerprint density at radius 1 is 1.43 bits per heavy atom. The van der Waals surface area contributed by atoms with E-state index in [1.54, 1.807) is 13.0 Å². The average Bonchev–Trinajstić information content (AvgIpc) is 2.47. The highest BCUT2D eigenvalue weighted by Gasteiger charge is 2.23. The first-order chi connectivity index (χ1) is 10.0. The quantitative estimate of drug-likeness (QED) is 0.653. The van der Waals surface area contributed by atoms with Gasteiger partial charge < -0.3 is 5.32 Å². The highest BCUT2D eigenvalue weighted by Crippen LogP contribution is 2.29. The zero-order valence-corrected chi connectivity index (χ0v) is 13.8. The van der Waals surface area contributed by atoms with E-state index in [1.807, 2.05) is 23.9 Å². The lowest BCUT2D eigenvalue weighted by molar-refractivity contribution is -0.385. The van der Waals surface area contributed by atoms with Crippen LogP contribution in [-0.4, -0.2) is 22.5 Å². The van der Waals surface area contributed by atoms with Gasteiger partial charge in [0.05, 0.1) is 4.92 Å². The van der Waals surface area contributed by atoms with Gasteiger partial charge >= 0.3 is 0 Å². The van der Waals surface area contributed by atoms with E-state index < -0.39 is 0 Å². The fourth-order valence-electron chi connectivity index (χ4n) is 3.05. The van der Waals surface area contributed by atoms with E-state index in [0.29, 0.717) is 6.04 Å². The summed E-state index contributed by atoms with van der Waals surface area (Å²) in [5.41, 5.74) is 1.93. The number of nitrogens with zero attached hydrogens (tertiary/aromatic N) is 1. The molecule has 1 aromatic rings. The molecule has 1 N–H and O–H groups in total. The first kappa shape index (κ1) is 16.3. The van der Waals surface area contributed by atoms with Crippen LogP contribution in [0.2, 0.25) is 0 Å². The Bertz CT molecular complexity index is 507. The second kappa shape index (κ2) is 7.27. The summed E-state index contributed by atoms with van der Waals surface area (Å²) in [5.74, 6) is 0. The number of nitro benzene ring substituents is 1. The van der Waals surface area contributed by atoms with Gasteiger partial charge in [-0.1, -0.05) is 18.6 Å². The van der Waals surface area contributed by atoms with Crippen molar-refractivity contribution in [2.75, 3.05) is 6.26 Å². The summed E-state index contributed by atoms with van der Waals surface area (Å²) < 4.78 is 0. The lowest BCUT2D eigenvalue weighted by atomic mass is 9.93. The molecule has 0 aromatic heterocycles. The van der Waals surface area contributed by atoms with Crippen LogP contribution in [0.15, 0.2) is 18.2 Å². The number of benzene rings is 1. The molecule has 0 saturated heterocycles. The summed E-state index contributed by atoms with van der Waals surface area (Å²) in [4.78, 5) is 10.8. The predicted molar refractivity (Wildman–Crippen MR) is 88.9 cm³/mol. The molecule has 5 heteroatoms. The molecule has 0 spiro atoms. The smallest absolute Gasteiger partial charge is 0.272 e. The average molecular weight is 308 g/mol. The lowest BCUT2D eigenvalue weighted by Gasteiger charge is -2.31. The van der Waals surface area contributed by atoms with Crippen molar-refractivity contribution >= 4 is 17.4 Å². The van der Waals surface area contributed by atoms with Crippen LogP contribution in [0, 0.1) is 17.0 Å². The van der Waals surface area contributed by atoms with Crippen LogP contribution in [0.25, 0.3) is 0 Å². The van der Waals surface area contributed by atoms with Crippen molar-refractivity contribution in [3.63, 3.8) is 0 Å². The number of aryl methyl sites for hydroxylation is 1. The third-order valence-electron chi connectivity index (χ3n) is 4.38. The molecule has 1 aliphatic rings. The maximum Gasteiger partial charge on any atom is 0.272 e. The van der Waals surface area contributed by atoms with Gasteiger partial charge in [0.15, 0.2) is 0 Å². The zero-order chi connectivity index (χ0) is 15.4. The molecular formula is C16H24N2O2S. The van der Waals surface area contributed by atoms with Crippen LogP contribution in [0.4, 0.5) is 5.69 Å². The SMILES string of the molecule is CSC1CCCC(NC(C)c2ccc(C)c([N+](=O)[O-])c2)C1. The van der Waals surface area contributed by atoms with Gasteiger partial charge in [-0.25, -0.2) is 0 Å². The molecule has 4 nitrogen and oxygen atoms in total. The molecule has 1 aliphatic carbocycles. The van der Waals surface area contributed by atoms with Crippen molar-refractivity contribution in [3.8, 4) is 0 Å². The summed E-state index contributed by atoms with van der Waals surface area (Å²) in [6.45, 7) is 3.88. The summed E-state index contributed by atoms with van der Waals surface area (Å²) >= 11 is 1.95. The molecule has 0 radical (unpaired) electrons. The van der Waals surface area contributed by atoms with E-state index in [9.17, 15) is 10.1 Å². The van der Waals surface area contributed by atoms with E-state index >= 15 is 0 Å². The Balaban J connectivity index is 2.04. The van der Waals surface area contributed by atoms with Crippen LogP contribution in [0.5, 0.6) is 0 Å². The van der Waals surface area contributed by atoms with Gasteiger partial charge in [0.1, 0.15) is 0 Å². The Morgan fingerprint density at radius 2 is 2.19 bits per heavy atom. The van der Waals surface area contributed by atoms with Crippen molar-refractivity contribution < 1.29 is 4.92 Å². The van der Waals surface area contributed by atoms with E-state index in [-0.39, 0.29) is 16.7 Å². The van der Waals surface area contributed by atoms with Crippen molar-refractivity contribution in [2.45, 2.75) is 56.9 Å². The van der Waals surface area contributed by atoms with Crippen LogP contribution in [0.1, 0.15) is 49.8 Å². The van der Waals surface area contributed by atoms with E-state index in [1.165, 1.54) is 25.7 Å². The second-order valence-electron chi connectivity index (χ2n) is 5.91. The molecule has 1 aromatic carbocycles. The number of hydrogen-bond acceptors (Lipinski definition) is 4. The summed E-state index contributed by atoms with van der Waals surface area (Å²) in [5, 5.41) is 15.4. The zero-order valence-electron chi connectivity index (χ0n) is 13.0. The van der Waals surface area contributed by atoms with E-state index in [4.69, 9.17) is 0 Å². The van der Waals surface area contributed by atoms with Gasteiger partial charge in [-0.3, -0.25) is 10.1 Å². The van der Waals surface area contributed by atoms with Crippen LogP contribution < -0.4 is 5.32 Å². The molecule has 2 rings (SSSR count). The molecule has 1 saturated carbocycles. The van der Waals surface area contributed by atoms with Gasteiger partial charge in [0.2, 0.25) is 0 Å². The van der Waals surface area contributed by atoms with Crippen molar-refractivity contribution in [3.05, 3.63) is 39.4 Å². The molecule has 0 aliphatic heterocycles. The monoisotopic (exact) mass is 308 g/mol. The first-order valence-corrected chi connectivity index (χ1v) is 8.84. The van der Waals surface area contributed by atoms with Crippen molar-refractivity contribution in [2.24, 2.45) is 0 Å². The summed E-state index contributed by atoms with van der Waals surface area (Å²) in [6.07, 6.45) is 7.16. The van der Waals surface area contributed by atoms with Crippen LogP contribution in [-0.2, 0) is 0 Å². The summed E-state index contributed by atoms with van der Waals surface area (Å²) in [7, 11) is 0. The Labute approximate surface area is 130 Å². The Morgan fingerprint density at radius 3 is 2.86 bits per heavy atom. The topological polar surface area (TPSA) is 55.2 Å². The standard InChI is InChI=1S/C16H24N2O2S/c1-11-7-8-13(9-16(11)18(19)20)12(2)17-14-5-4-6-15(10-14)21-3/h7-9,12,14-15,17H,4-6,10H2,1-3H3. The fraction of sp³-hybridized carbons (Fsp3) is 0.625. The van der Waals surface area contributed by atoms with E-state index in [0.717, 1.165) is 16.4 Å². The van der Waals surface area contributed by atoms with Gasteiger partial charge in [-0.05, 0) is 44.9 Å². The van der Waals surface area contributed by atoms with Crippen molar-refractivity contribution in [1.82, 2.24) is 5.32 Å². The van der Waals surface area contributed by atoms with Crippen molar-refractivity contribution in [1.29, 1.82) is 0 Å². The van der Waals surface area contributed by atoms with Gasteiger partial charge in [-0.15, -0.1) is 0 Å². The fourth-order valence-corrected chi connectivity index (χ4v) is 3.88. The maximum absolute atomic E-state index is 11.1. The Hall–Kier alpha value is -1.07. The molecular weight excluding hydrogens is 284 g/mol. The molecule has 0 amide bonds. The molecule has 0 bridgehead atoms. The van der Waals surface area contributed by atoms with Gasteiger partial charge in [0.25, 0.3) is 5.69 Å². The normalized spacial score (nSPS) is 23.8. The molecule has 3 atom stereocenters. The minimum Gasteiger partial charge on any atom is -0.307 e. The van der Waals surface area contributed by atoms with E-state index in [2.05, 4.69) is 18.5 Å². The molecule has 116 valence electrons. The highest BCUT2D eigenvalue weighted by molar-refractivity contribution is 7.99. The number of nitrogens with one attached hydrogen (secondary N) is 1. The maximum atomic E-state index is 11.1. The number of nitro groups is 1. The largest absolute Gasteiger partial charge is 0.307 e. The van der Waals surface area contributed by atoms with Gasteiger partial charge in [-0.2, -0.15) is 11.8 Å². The highest BCUT2D eigenvalue weighted by atomic mass is 32.2. The lowest BCUT2D eigenvalue weighted by Crippen LogP contribution is -2.36.